The summed E-state index contributed by atoms with van der Waals surface area (Å²) >= 11 is 0. The lowest BCUT2D eigenvalue weighted by molar-refractivity contribution is -0.118. The molecule has 0 atom stereocenters. The van der Waals surface area contributed by atoms with Gasteiger partial charge in [-0.15, -0.1) is 0 Å². The third-order valence-corrected chi connectivity index (χ3v) is 3.09. The number of Topliss-reactive ketones (excluding diaryl/α,β-unsaturated/α-hetero) is 1. The Kier molecular flexibility index (Phi) is 7.24. The maximum absolute atomic E-state index is 11.4. The van der Waals surface area contributed by atoms with Crippen LogP contribution in [0.5, 0.6) is 0 Å². The lowest BCUT2D eigenvalue weighted by Crippen LogP contribution is -1.95. The highest BCUT2D eigenvalue weighted by molar-refractivity contribution is 5.79. The van der Waals surface area contributed by atoms with Crippen molar-refractivity contribution in [3.05, 3.63) is 12.2 Å². The molecule has 0 spiro atoms. The zero-order valence-electron chi connectivity index (χ0n) is 9.84. The Morgan fingerprint density at radius 3 is 2.07 bits per heavy atom. The Morgan fingerprint density at radius 1 is 0.733 bits per heavy atom. The molecule has 0 saturated carbocycles. The van der Waals surface area contributed by atoms with Crippen molar-refractivity contribution in [2.75, 3.05) is 0 Å². The summed E-state index contributed by atoms with van der Waals surface area (Å²) < 4.78 is 0. The van der Waals surface area contributed by atoms with E-state index in [1.807, 2.05) is 0 Å². The van der Waals surface area contributed by atoms with E-state index in [1.54, 1.807) is 0 Å². The molecule has 1 heteroatoms. The van der Waals surface area contributed by atoms with Crippen molar-refractivity contribution in [3.63, 3.8) is 0 Å². The molecule has 1 aliphatic carbocycles. The van der Waals surface area contributed by atoms with Crippen molar-refractivity contribution in [1.82, 2.24) is 0 Å². The minimum Gasteiger partial charge on any atom is -0.299 e. The molecule has 1 rings (SSSR count). The molecule has 15 heavy (non-hydrogen) atoms. The van der Waals surface area contributed by atoms with Gasteiger partial charge in [-0.2, -0.15) is 0 Å². The van der Waals surface area contributed by atoms with Crippen LogP contribution in [0.1, 0.15) is 70.6 Å². The van der Waals surface area contributed by atoms with Gasteiger partial charge in [0, 0.05) is 12.8 Å². The first kappa shape index (κ1) is 12.5. The summed E-state index contributed by atoms with van der Waals surface area (Å²) in [5, 5.41) is 0. The highest BCUT2D eigenvalue weighted by atomic mass is 16.1. The van der Waals surface area contributed by atoms with Crippen molar-refractivity contribution < 1.29 is 4.79 Å². The normalized spacial score (nSPS) is 24.4. The number of hydrogen-bond acceptors (Lipinski definition) is 1. The van der Waals surface area contributed by atoms with E-state index in [9.17, 15) is 4.79 Å². The Morgan fingerprint density at radius 2 is 1.33 bits per heavy atom. The second-order valence-corrected chi connectivity index (χ2v) is 4.58. The minimum absolute atomic E-state index is 0.420. The average Bonchev–Trinajstić information content (AvgIpc) is 2.24. The summed E-state index contributed by atoms with van der Waals surface area (Å²) in [5.41, 5.74) is 0. The molecule has 0 fully saturated rings. The molecule has 0 unspecified atom stereocenters. The van der Waals surface area contributed by atoms with Crippen LogP contribution in [0.25, 0.3) is 0 Å². The monoisotopic (exact) mass is 208 g/mol. The first-order chi connectivity index (χ1) is 7.39. The van der Waals surface area contributed by atoms with Crippen molar-refractivity contribution in [2.45, 2.75) is 70.6 Å². The zero-order valence-corrected chi connectivity index (χ0v) is 9.84. The van der Waals surface area contributed by atoms with E-state index in [-0.39, 0.29) is 0 Å². The van der Waals surface area contributed by atoms with Crippen LogP contribution in [-0.4, -0.2) is 5.78 Å². The van der Waals surface area contributed by atoms with E-state index in [4.69, 9.17) is 0 Å². The second kappa shape index (κ2) is 8.70. The van der Waals surface area contributed by atoms with Crippen LogP contribution in [0.3, 0.4) is 0 Å². The van der Waals surface area contributed by atoms with Crippen molar-refractivity contribution >= 4 is 5.78 Å². The largest absolute Gasteiger partial charge is 0.299 e. The summed E-state index contributed by atoms with van der Waals surface area (Å²) in [7, 11) is 0. The topological polar surface area (TPSA) is 17.1 Å². The predicted molar refractivity (Wildman–Crippen MR) is 64.9 cm³/mol. The molecule has 0 aliphatic heterocycles. The summed E-state index contributed by atoms with van der Waals surface area (Å²) in [6.07, 6.45) is 17.3. The Bertz CT molecular complexity index is 194. The first-order valence-electron chi connectivity index (χ1n) is 6.56. The molecular weight excluding hydrogens is 184 g/mol. The van der Waals surface area contributed by atoms with Crippen LogP contribution in [0, 0.1) is 0 Å². The molecule has 0 heterocycles. The van der Waals surface area contributed by atoms with Gasteiger partial charge in [-0.3, -0.25) is 4.79 Å². The van der Waals surface area contributed by atoms with Gasteiger partial charge in [0.05, 0.1) is 0 Å². The van der Waals surface area contributed by atoms with E-state index in [1.165, 1.54) is 44.9 Å². The summed E-state index contributed by atoms with van der Waals surface area (Å²) in [6, 6.07) is 0. The molecule has 0 aromatic heterocycles. The zero-order chi connectivity index (χ0) is 10.8. The average molecular weight is 208 g/mol. The van der Waals surface area contributed by atoms with Gasteiger partial charge in [0.1, 0.15) is 5.78 Å². The van der Waals surface area contributed by atoms with Crippen LogP contribution in [0.15, 0.2) is 12.2 Å². The molecule has 1 aliphatic rings. The minimum atomic E-state index is 0.420. The Labute approximate surface area is 93.9 Å². The van der Waals surface area contributed by atoms with Crippen molar-refractivity contribution in [2.24, 2.45) is 0 Å². The molecule has 0 amide bonds. The fourth-order valence-electron chi connectivity index (χ4n) is 2.08. The van der Waals surface area contributed by atoms with Crippen molar-refractivity contribution in [1.29, 1.82) is 0 Å². The van der Waals surface area contributed by atoms with Gasteiger partial charge in [-0.25, -0.2) is 0 Å². The standard InChI is InChI=1S/C14H24O/c15-14-12-10-8-6-4-2-1-3-5-7-9-11-13-14/h8,10H,1-7,9,11-13H2/b10-8+. The van der Waals surface area contributed by atoms with Crippen LogP contribution in [-0.2, 0) is 4.79 Å². The summed E-state index contributed by atoms with van der Waals surface area (Å²) in [4.78, 5) is 11.4. The SMILES string of the molecule is O=C1C/C=C/CCCCCCCCCC1. The number of rotatable bonds is 0. The second-order valence-electron chi connectivity index (χ2n) is 4.58. The van der Waals surface area contributed by atoms with Gasteiger partial charge >= 0.3 is 0 Å². The lowest BCUT2D eigenvalue weighted by atomic mass is 10.0. The Hall–Kier alpha value is -0.590. The highest BCUT2D eigenvalue weighted by Crippen LogP contribution is 2.12. The molecule has 1 nitrogen and oxygen atoms in total. The number of carbonyl (C=O) groups excluding carboxylic acids is 1. The van der Waals surface area contributed by atoms with Crippen LogP contribution < -0.4 is 0 Å². The number of allylic oxidation sites excluding steroid dienone is 2. The molecule has 86 valence electrons. The van der Waals surface area contributed by atoms with Crippen LogP contribution in [0.2, 0.25) is 0 Å². The highest BCUT2D eigenvalue weighted by Gasteiger charge is 1.99. The molecule has 0 N–H and O–H groups in total. The molecular formula is C14H24O. The predicted octanol–water partition coefficient (Wildman–Crippen LogP) is 4.42. The van der Waals surface area contributed by atoms with Gasteiger partial charge in [-0.05, 0) is 19.3 Å². The third kappa shape index (κ3) is 7.35. The van der Waals surface area contributed by atoms with Gasteiger partial charge in [0.15, 0.2) is 0 Å². The number of ketones is 1. The quantitative estimate of drug-likeness (QED) is 0.539. The Balaban J connectivity index is 2.22. The lowest BCUT2D eigenvalue weighted by Gasteiger charge is -2.02. The number of carbonyl (C=O) groups is 1. The van der Waals surface area contributed by atoms with Crippen molar-refractivity contribution in [3.8, 4) is 0 Å². The third-order valence-electron chi connectivity index (χ3n) is 3.09. The van der Waals surface area contributed by atoms with E-state index in [0.29, 0.717) is 12.2 Å². The fraction of sp³-hybridized carbons (Fsp3) is 0.786. The smallest absolute Gasteiger partial charge is 0.136 e. The molecule has 0 radical (unpaired) electrons. The van der Waals surface area contributed by atoms with Gasteiger partial charge in [0.25, 0.3) is 0 Å². The maximum atomic E-state index is 11.4. The van der Waals surface area contributed by atoms with Crippen LogP contribution in [0.4, 0.5) is 0 Å². The van der Waals surface area contributed by atoms with Gasteiger partial charge in [-0.1, -0.05) is 50.7 Å². The summed E-state index contributed by atoms with van der Waals surface area (Å²) in [5.74, 6) is 0.420. The molecule has 0 aromatic rings. The molecule has 0 aromatic carbocycles. The van der Waals surface area contributed by atoms with E-state index in [0.717, 1.165) is 19.3 Å². The first-order valence-corrected chi connectivity index (χ1v) is 6.56. The van der Waals surface area contributed by atoms with E-state index < -0.39 is 0 Å². The van der Waals surface area contributed by atoms with Gasteiger partial charge < -0.3 is 0 Å². The van der Waals surface area contributed by atoms with E-state index in [2.05, 4.69) is 12.2 Å². The van der Waals surface area contributed by atoms with E-state index >= 15 is 0 Å². The maximum Gasteiger partial charge on any atom is 0.136 e. The summed E-state index contributed by atoms with van der Waals surface area (Å²) in [6.45, 7) is 0. The molecule has 0 saturated heterocycles. The fourth-order valence-corrected chi connectivity index (χ4v) is 2.08. The molecule has 0 bridgehead atoms. The van der Waals surface area contributed by atoms with Gasteiger partial charge in [0.2, 0.25) is 0 Å². The number of hydrogen-bond donors (Lipinski definition) is 0. The van der Waals surface area contributed by atoms with Crippen LogP contribution >= 0.6 is 0 Å².